The largest absolute Gasteiger partial charge is 0.334 e. The van der Waals surface area contributed by atoms with Gasteiger partial charge in [0.05, 0.1) is 10.4 Å². The second-order valence-corrected chi connectivity index (χ2v) is 5.71. The van der Waals surface area contributed by atoms with Gasteiger partial charge in [0, 0.05) is 35.4 Å². The molecular formula is C18H16N6O4. The van der Waals surface area contributed by atoms with Gasteiger partial charge in [0.15, 0.2) is 5.69 Å². The highest BCUT2D eigenvalue weighted by Gasteiger charge is 2.17. The van der Waals surface area contributed by atoms with Crippen LogP contribution in [0.3, 0.4) is 0 Å². The van der Waals surface area contributed by atoms with Crippen molar-refractivity contribution in [2.75, 3.05) is 17.2 Å². The summed E-state index contributed by atoms with van der Waals surface area (Å²) in [6.45, 7) is 3.85. The van der Waals surface area contributed by atoms with Gasteiger partial charge >= 0.3 is 6.03 Å². The van der Waals surface area contributed by atoms with Crippen LogP contribution in [0.4, 0.5) is 21.9 Å². The third-order valence-corrected chi connectivity index (χ3v) is 3.78. The fourth-order valence-electron chi connectivity index (χ4n) is 2.46. The minimum Gasteiger partial charge on any atom is -0.334 e. The van der Waals surface area contributed by atoms with Crippen LogP contribution in [0.15, 0.2) is 55.1 Å². The molecule has 0 saturated heterocycles. The molecule has 4 N–H and O–H groups in total. The van der Waals surface area contributed by atoms with Gasteiger partial charge < -0.3 is 16.0 Å². The number of aromatic amines is 1. The maximum absolute atomic E-state index is 12.5. The molecule has 0 fully saturated rings. The van der Waals surface area contributed by atoms with E-state index in [0.717, 1.165) is 0 Å². The number of amides is 3. The fraction of sp³-hybridized carbons (Fsp3) is 0.0556. The van der Waals surface area contributed by atoms with Crippen molar-refractivity contribution in [1.29, 1.82) is 0 Å². The summed E-state index contributed by atoms with van der Waals surface area (Å²) in [6.07, 6.45) is 1.56. The summed E-state index contributed by atoms with van der Waals surface area (Å²) in [5.41, 5.74) is 1.45. The van der Waals surface area contributed by atoms with E-state index in [0.29, 0.717) is 28.8 Å². The normalized spacial score (nSPS) is 10.3. The summed E-state index contributed by atoms with van der Waals surface area (Å²) < 4.78 is 0. The lowest BCUT2D eigenvalue weighted by Crippen LogP contribution is -2.28. The van der Waals surface area contributed by atoms with E-state index in [1.54, 1.807) is 30.3 Å². The Labute approximate surface area is 158 Å². The van der Waals surface area contributed by atoms with Gasteiger partial charge in [-0.1, -0.05) is 6.08 Å². The Kier molecular flexibility index (Phi) is 5.30. The van der Waals surface area contributed by atoms with Crippen molar-refractivity contribution in [2.24, 2.45) is 0 Å². The number of hydrogen-bond donors (Lipinski definition) is 4. The van der Waals surface area contributed by atoms with E-state index in [9.17, 15) is 19.7 Å². The summed E-state index contributed by atoms with van der Waals surface area (Å²) in [5, 5.41) is 25.8. The minimum absolute atomic E-state index is 0.0460. The summed E-state index contributed by atoms with van der Waals surface area (Å²) in [7, 11) is 0. The third kappa shape index (κ3) is 4.12. The molecule has 1 heterocycles. The van der Waals surface area contributed by atoms with Gasteiger partial charge in [0.1, 0.15) is 0 Å². The quantitative estimate of drug-likeness (QED) is 0.295. The first-order chi connectivity index (χ1) is 13.5. The standard InChI is InChI=1S/C18H16N6O4/c1-2-9-19-18(26)21-12-5-3-11(4-6-12)20-17(25)16-14-10-13(24(27)28)7-8-15(14)22-23-16/h2-8,10H,1,9H2,(H,20,25)(H,22,23)(H2,19,21,26). The Morgan fingerprint density at radius 2 is 1.82 bits per heavy atom. The number of carbonyl (C=O) groups is 2. The second kappa shape index (κ2) is 7.99. The third-order valence-electron chi connectivity index (χ3n) is 3.78. The highest BCUT2D eigenvalue weighted by Crippen LogP contribution is 2.23. The van der Waals surface area contributed by atoms with Crippen molar-refractivity contribution in [1.82, 2.24) is 15.5 Å². The van der Waals surface area contributed by atoms with E-state index < -0.39 is 10.8 Å². The molecule has 3 aromatic rings. The number of H-pyrrole nitrogens is 1. The van der Waals surface area contributed by atoms with Crippen LogP contribution >= 0.6 is 0 Å². The number of nitro benzene ring substituents is 1. The number of urea groups is 1. The fourth-order valence-corrected chi connectivity index (χ4v) is 2.46. The molecule has 0 radical (unpaired) electrons. The van der Waals surface area contributed by atoms with Gasteiger partial charge in [0.25, 0.3) is 11.6 Å². The van der Waals surface area contributed by atoms with Gasteiger partial charge in [-0.05, 0) is 30.3 Å². The molecular weight excluding hydrogens is 364 g/mol. The van der Waals surface area contributed by atoms with Crippen molar-refractivity contribution >= 4 is 39.9 Å². The number of benzene rings is 2. The number of hydrogen-bond acceptors (Lipinski definition) is 5. The van der Waals surface area contributed by atoms with E-state index in [1.165, 1.54) is 18.2 Å². The van der Waals surface area contributed by atoms with Gasteiger partial charge in [-0.15, -0.1) is 6.58 Å². The number of anilines is 2. The molecule has 0 bridgehead atoms. The first-order valence-electron chi connectivity index (χ1n) is 8.17. The summed E-state index contributed by atoms with van der Waals surface area (Å²) in [5.74, 6) is -0.517. The van der Waals surface area contributed by atoms with Crippen LogP contribution in [0.2, 0.25) is 0 Å². The summed E-state index contributed by atoms with van der Waals surface area (Å²) >= 11 is 0. The number of rotatable bonds is 6. The molecule has 0 saturated carbocycles. The zero-order valence-corrected chi connectivity index (χ0v) is 14.6. The van der Waals surface area contributed by atoms with Crippen molar-refractivity contribution < 1.29 is 14.5 Å². The highest BCUT2D eigenvalue weighted by molar-refractivity contribution is 6.11. The van der Waals surface area contributed by atoms with Crippen molar-refractivity contribution in [3.05, 3.63) is 70.9 Å². The van der Waals surface area contributed by atoms with E-state index in [2.05, 4.69) is 32.7 Å². The number of nitro groups is 1. The molecule has 0 atom stereocenters. The maximum Gasteiger partial charge on any atom is 0.319 e. The number of carbonyl (C=O) groups excluding carboxylic acids is 2. The van der Waals surface area contributed by atoms with Crippen molar-refractivity contribution in [2.45, 2.75) is 0 Å². The molecule has 1 aromatic heterocycles. The van der Waals surface area contributed by atoms with E-state index in [1.807, 2.05) is 0 Å². The molecule has 28 heavy (non-hydrogen) atoms. The molecule has 0 aliphatic rings. The zero-order chi connectivity index (χ0) is 20.1. The molecule has 0 aliphatic carbocycles. The molecule has 0 spiro atoms. The van der Waals surface area contributed by atoms with Crippen LogP contribution in [-0.2, 0) is 0 Å². The van der Waals surface area contributed by atoms with Crippen LogP contribution in [0.1, 0.15) is 10.5 Å². The molecule has 142 valence electrons. The second-order valence-electron chi connectivity index (χ2n) is 5.71. The molecule has 3 amide bonds. The number of non-ortho nitro benzene ring substituents is 1. The van der Waals surface area contributed by atoms with Crippen LogP contribution in [0.25, 0.3) is 10.9 Å². The van der Waals surface area contributed by atoms with Gasteiger partial charge in [-0.25, -0.2) is 4.79 Å². The molecule has 3 rings (SSSR count). The molecule has 0 unspecified atom stereocenters. The van der Waals surface area contributed by atoms with Gasteiger partial charge in [-0.2, -0.15) is 5.10 Å². The van der Waals surface area contributed by atoms with Crippen LogP contribution in [0.5, 0.6) is 0 Å². The predicted octanol–water partition coefficient (Wildman–Crippen LogP) is 3.03. The monoisotopic (exact) mass is 380 g/mol. The Bertz CT molecular complexity index is 1060. The van der Waals surface area contributed by atoms with E-state index >= 15 is 0 Å². The number of fused-ring (bicyclic) bond motifs is 1. The molecule has 10 heteroatoms. The van der Waals surface area contributed by atoms with Crippen LogP contribution in [0, 0.1) is 10.1 Å². The number of aromatic nitrogens is 2. The van der Waals surface area contributed by atoms with Crippen molar-refractivity contribution in [3.8, 4) is 0 Å². The Morgan fingerprint density at radius 3 is 2.46 bits per heavy atom. The zero-order valence-electron chi connectivity index (χ0n) is 14.6. The van der Waals surface area contributed by atoms with Crippen LogP contribution < -0.4 is 16.0 Å². The average molecular weight is 380 g/mol. The lowest BCUT2D eigenvalue weighted by Gasteiger charge is -2.08. The molecule has 2 aromatic carbocycles. The van der Waals surface area contributed by atoms with Crippen molar-refractivity contribution in [3.63, 3.8) is 0 Å². The van der Waals surface area contributed by atoms with Gasteiger partial charge in [-0.3, -0.25) is 20.0 Å². The SMILES string of the molecule is C=CCNC(=O)Nc1ccc(NC(=O)c2n[nH]c3ccc([N+](=O)[O-])cc23)cc1. The Hall–Kier alpha value is -4.21. The molecule has 0 aliphatic heterocycles. The van der Waals surface area contributed by atoms with E-state index in [4.69, 9.17) is 0 Å². The lowest BCUT2D eigenvalue weighted by molar-refractivity contribution is -0.384. The topological polar surface area (TPSA) is 142 Å². The average Bonchev–Trinajstić information content (AvgIpc) is 3.11. The molecule has 10 nitrogen and oxygen atoms in total. The predicted molar refractivity (Wildman–Crippen MR) is 104 cm³/mol. The van der Waals surface area contributed by atoms with E-state index in [-0.39, 0.29) is 17.4 Å². The smallest absolute Gasteiger partial charge is 0.319 e. The summed E-state index contributed by atoms with van der Waals surface area (Å²) in [6, 6.07) is 10.2. The Morgan fingerprint density at radius 1 is 1.14 bits per heavy atom. The van der Waals surface area contributed by atoms with Gasteiger partial charge in [0.2, 0.25) is 0 Å². The first-order valence-corrected chi connectivity index (χ1v) is 8.17. The minimum atomic E-state index is -0.537. The first kappa shape index (κ1) is 18.6. The maximum atomic E-state index is 12.5. The Balaban J connectivity index is 1.72. The summed E-state index contributed by atoms with van der Waals surface area (Å²) in [4.78, 5) is 34.5. The number of nitrogens with one attached hydrogen (secondary N) is 4. The van der Waals surface area contributed by atoms with Crippen LogP contribution in [-0.4, -0.2) is 33.6 Å². The lowest BCUT2D eigenvalue weighted by atomic mass is 10.2. The number of nitrogens with zero attached hydrogens (tertiary/aromatic N) is 2. The highest BCUT2D eigenvalue weighted by atomic mass is 16.6.